The second-order valence-electron chi connectivity index (χ2n) is 4.46. The van der Waals surface area contributed by atoms with Gasteiger partial charge in [0.05, 0.1) is 10.7 Å². The first-order valence-corrected chi connectivity index (χ1v) is 7.68. The molecule has 0 aliphatic carbocycles. The standard InChI is InChI=1S/C16H13IN2O3/c1-20-12-8-6-11(7-9-12)16-18-15(22-19-16)10-21-14-5-3-2-4-13(14)17/h2-9H,10H2,1H3. The topological polar surface area (TPSA) is 57.4 Å². The summed E-state index contributed by atoms with van der Waals surface area (Å²) in [5, 5.41) is 3.97. The molecule has 3 aromatic rings. The third kappa shape index (κ3) is 3.38. The van der Waals surface area contributed by atoms with Crippen molar-refractivity contribution < 1.29 is 14.0 Å². The van der Waals surface area contributed by atoms with Gasteiger partial charge in [-0.3, -0.25) is 0 Å². The minimum absolute atomic E-state index is 0.239. The van der Waals surface area contributed by atoms with Crippen LogP contribution in [0.25, 0.3) is 11.4 Å². The Morgan fingerprint density at radius 1 is 1.09 bits per heavy atom. The first-order valence-electron chi connectivity index (χ1n) is 6.60. The van der Waals surface area contributed by atoms with Crippen LogP contribution in [0.5, 0.6) is 11.5 Å². The smallest absolute Gasteiger partial charge is 0.264 e. The number of ether oxygens (including phenoxy) is 2. The van der Waals surface area contributed by atoms with E-state index in [0.717, 1.165) is 20.6 Å². The number of halogens is 1. The van der Waals surface area contributed by atoms with Crippen molar-refractivity contribution in [1.29, 1.82) is 0 Å². The number of rotatable bonds is 5. The van der Waals surface area contributed by atoms with E-state index >= 15 is 0 Å². The first kappa shape index (κ1) is 14.8. The van der Waals surface area contributed by atoms with Gasteiger partial charge in [-0.1, -0.05) is 17.3 Å². The lowest BCUT2D eigenvalue weighted by molar-refractivity contribution is 0.241. The van der Waals surface area contributed by atoms with Gasteiger partial charge in [0, 0.05) is 5.56 Å². The van der Waals surface area contributed by atoms with Gasteiger partial charge in [-0.25, -0.2) is 0 Å². The molecule has 3 rings (SSSR count). The van der Waals surface area contributed by atoms with Crippen LogP contribution in [0.4, 0.5) is 0 Å². The predicted molar refractivity (Wildman–Crippen MR) is 89.8 cm³/mol. The number of nitrogens with zero attached hydrogens (tertiary/aromatic N) is 2. The highest BCUT2D eigenvalue weighted by atomic mass is 127. The molecule has 22 heavy (non-hydrogen) atoms. The Morgan fingerprint density at radius 2 is 1.86 bits per heavy atom. The van der Waals surface area contributed by atoms with E-state index in [-0.39, 0.29) is 6.61 Å². The summed E-state index contributed by atoms with van der Waals surface area (Å²) >= 11 is 2.22. The summed E-state index contributed by atoms with van der Waals surface area (Å²) in [6.07, 6.45) is 0. The summed E-state index contributed by atoms with van der Waals surface area (Å²) in [7, 11) is 1.63. The summed E-state index contributed by atoms with van der Waals surface area (Å²) in [5.41, 5.74) is 0.866. The third-order valence-electron chi connectivity index (χ3n) is 3.00. The molecule has 0 saturated carbocycles. The largest absolute Gasteiger partial charge is 0.497 e. The van der Waals surface area contributed by atoms with Crippen LogP contribution in [0.15, 0.2) is 53.1 Å². The van der Waals surface area contributed by atoms with E-state index in [1.807, 2.05) is 48.5 Å². The molecule has 2 aromatic carbocycles. The molecular weight excluding hydrogens is 395 g/mol. The SMILES string of the molecule is COc1ccc(-c2noc(COc3ccccc3I)n2)cc1. The Kier molecular flexibility index (Phi) is 4.57. The van der Waals surface area contributed by atoms with Gasteiger partial charge in [0.2, 0.25) is 5.82 Å². The monoisotopic (exact) mass is 408 g/mol. The number of aromatic nitrogens is 2. The van der Waals surface area contributed by atoms with Crippen LogP contribution in [0, 0.1) is 3.57 Å². The molecule has 112 valence electrons. The average Bonchev–Trinajstić information content (AvgIpc) is 3.03. The molecule has 0 atom stereocenters. The van der Waals surface area contributed by atoms with E-state index in [1.165, 1.54) is 0 Å². The van der Waals surface area contributed by atoms with Gasteiger partial charge in [0.1, 0.15) is 11.5 Å². The molecule has 0 N–H and O–H groups in total. The quantitative estimate of drug-likeness (QED) is 0.599. The van der Waals surface area contributed by atoms with Gasteiger partial charge >= 0.3 is 0 Å². The number of para-hydroxylation sites is 1. The Balaban J connectivity index is 1.69. The molecule has 1 aromatic heterocycles. The molecule has 6 heteroatoms. The second kappa shape index (κ2) is 6.78. The molecule has 0 radical (unpaired) electrons. The fourth-order valence-corrected chi connectivity index (χ4v) is 2.42. The van der Waals surface area contributed by atoms with Crippen molar-refractivity contribution in [2.75, 3.05) is 7.11 Å². The van der Waals surface area contributed by atoms with Gasteiger partial charge in [-0.05, 0) is 59.0 Å². The fourth-order valence-electron chi connectivity index (χ4n) is 1.87. The van der Waals surface area contributed by atoms with Crippen molar-refractivity contribution in [3.63, 3.8) is 0 Å². The van der Waals surface area contributed by atoms with Gasteiger partial charge < -0.3 is 14.0 Å². The zero-order chi connectivity index (χ0) is 15.4. The Hall–Kier alpha value is -2.09. The van der Waals surface area contributed by atoms with Crippen LogP contribution in [0.1, 0.15) is 5.89 Å². The Morgan fingerprint density at radius 3 is 2.59 bits per heavy atom. The maximum atomic E-state index is 5.68. The van der Waals surface area contributed by atoms with Crippen LogP contribution in [0.3, 0.4) is 0 Å². The Bertz CT molecular complexity index is 756. The highest BCUT2D eigenvalue weighted by molar-refractivity contribution is 14.1. The van der Waals surface area contributed by atoms with Crippen LogP contribution >= 0.6 is 22.6 Å². The zero-order valence-electron chi connectivity index (χ0n) is 11.8. The van der Waals surface area contributed by atoms with Gasteiger partial charge in [0.25, 0.3) is 5.89 Å². The highest BCUT2D eigenvalue weighted by Crippen LogP contribution is 2.22. The zero-order valence-corrected chi connectivity index (χ0v) is 14.0. The fraction of sp³-hybridized carbons (Fsp3) is 0.125. The first-order chi connectivity index (χ1) is 10.8. The maximum absolute atomic E-state index is 5.68. The van der Waals surface area contributed by atoms with Crippen LogP contribution in [-0.4, -0.2) is 17.3 Å². The van der Waals surface area contributed by atoms with Crippen LogP contribution in [-0.2, 0) is 6.61 Å². The molecule has 1 heterocycles. The van der Waals surface area contributed by atoms with E-state index in [0.29, 0.717) is 11.7 Å². The van der Waals surface area contributed by atoms with Crippen LogP contribution in [0.2, 0.25) is 0 Å². The van der Waals surface area contributed by atoms with Gasteiger partial charge in [-0.15, -0.1) is 0 Å². The number of methoxy groups -OCH3 is 1. The molecule has 0 aliphatic rings. The normalized spacial score (nSPS) is 10.5. The van der Waals surface area contributed by atoms with Crippen molar-refractivity contribution in [3.05, 3.63) is 58.0 Å². The summed E-state index contributed by atoms with van der Waals surface area (Å²) in [5.74, 6) is 2.55. The van der Waals surface area contributed by atoms with Crippen molar-refractivity contribution in [2.45, 2.75) is 6.61 Å². The summed E-state index contributed by atoms with van der Waals surface area (Å²) in [6.45, 7) is 0.239. The molecule has 0 spiro atoms. The lowest BCUT2D eigenvalue weighted by Crippen LogP contribution is -1.97. The lowest BCUT2D eigenvalue weighted by atomic mass is 10.2. The van der Waals surface area contributed by atoms with Gasteiger partial charge in [0.15, 0.2) is 6.61 Å². The summed E-state index contributed by atoms with van der Waals surface area (Å²) in [4.78, 5) is 4.33. The molecule has 0 amide bonds. The average molecular weight is 408 g/mol. The maximum Gasteiger partial charge on any atom is 0.264 e. The molecule has 0 bridgehead atoms. The predicted octanol–water partition coefficient (Wildman–Crippen LogP) is 3.93. The van der Waals surface area contributed by atoms with Crippen molar-refractivity contribution >= 4 is 22.6 Å². The van der Waals surface area contributed by atoms with Crippen molar-refractivity contribution in [1.82, 2.24) is 10.1 Å². The van der Waals surface area contributed by atoms with Gasteiger partial charge in [-0.2, -0.15) is 4.98 Å². The molecule has 0 aliphatic heterocycles. The second-order valence-corrected chi connectivity index (χ2v) is 5.62. The number of hydrogen-bond acceptors (Lipinski definition) is 5. The highest BCUT2D eigenvalue weighted by Gasteiger charge is 2.10. The van der Waals surface area contributed by atoms with Crippen LogP contribution < -0.4 is 9.47 Å². The molecule has 0 unspecified atom stereocenters. The summed E-state index contributed by atoms with van der Waals surface area (Å²) in [6, 6.07) is 15.2. The number of hydrogen-bond donors (Lipinski definition) is 0. The third-order valence-corrected chi connectivity index (χ3v) is 3.90. The Labute approximate surface area is 141 Å². The lowest BCUT2D eigenvalue weighted by Gasteiger charge is -2.04. The molecular formula is C16H13IN2O3. The van der Waals surface area contributed by atoms with E-state index in [9.17, 15) is 0 Å². The van der Waals surface area contributed by atoms with Crippen molar-refractivity contribution in [2.24, 2.45) is 0 Å². The minimum Gasteiger partial charge on any atom is -0.497 e. The molecule has 0 saturated heterocycles. The minimum atomic E-state index is 0.239. The summed E-state index contributed by atoms with van der Waals surface area (Å²) < 4.78 is 17.1. The van der Waals surface area contributed by atoms with E-state index < -0.39 is 0 Å². The van der Waals surface area contributed by atoms with E-state index in [2.05, 4.69) is 32.7 Å². The molecule has 5 nitrogen and oxygen atoms in total. The van der Waals surface area contributed by atoms with E-state index in [4.69, 9.17) is 14.0 Å². The number of benzene rings is 2. The van der Waals surface area contributed by atoms with Crippen molar-refractivity contribution in [3.8, 4) is 22.9 Å². The molecule has 0 fully saturated rings. The van der Waals surface area contributed by atoms with E-state index in [1.54, 1.807) is 7.11 Å².